The van der Waals surface area contributed by atoms with Crippen molar-refractivity contribution in [2.75, 3.05) is 31.2 Å². The quantitative estimate of drug-likeness (QED) is 0.811. The van der Waals surface area contributed by atoms with Gasteiger partial charge in [0, 0.05) is 31.5 Å². The van der Waals surface area contributed by atoms with Crippen molar-refractivity contribution in [1.82, 2.24) is 4.57 Å². The molecule has 4 heteroatoms. The number of nitrogens with zero attached hydrogens (tertiary/aromatic N) is 3. The van der Waals surface area contributed by atoms with Crippen LogP contribution >= 0.6 is 0 Å². The van der Waals surface area contributed by atoms with Crippen LogP contribution in [0.1, 0.15) is 11.4 Å². The van der Waals surface area contributed by atoms with E-state index in [-0.39, 0.29) is 0 Å². The molecule has 1 aromatic heterocycles. The summed E-state index contributed by atoms with van der Waals surface area (Å²) in [5.41, 5.74) is 4.57. The van der Waals surface area contributed by atoms with Crippen LogP contribution in [0.5, 0.6) is 0 Å². The van der Waals surface area contributed by atoms with Crippen LogP contribution in [0.25, 0.3) is 0 Å². The van der Waals surface area contributed by atoms with Gasteiger partial charge in [0.05, 0.1) is 30.8 Å². The summed E-state index contributed by atoms with van der Waals surface area (Å²) in [4.78, 5) is 6.89. The predicted octanol–water partition coefficient (Wildman–Crippen LogP) is 2.92. The van der Waals surface area contributed by atoms with Crippen LogP contribution in [0.2, 0.25) is 0 Å². The minimum absolute atomic E-state index is 0.812. The second kappa shape index (κ2) is 6.14. The molecular weight excluding hydrogens is 262 g/mol. The molecule has 2 aromatic rings. The predicted molar refractivity (Wildman–Crippen MR) is 86.9 cm³/mol. The van der Waals surface area contributed by atoms with E-state index >= 15 is 0 Å². The minimum atomic E-state index is 0.812. The van der Waals surface area contributed by atoms with Crippen LogP contribution in [0.4, 0.5) is 11.4 Å². The molecule has 1 aromatic carbocycles. The maximum atomic E-state index is 5.38. The maximum Gasteiger partial charge on any atom is 0.0642 e. The second-order valence-electron chi connectivity index (χ2n) is 5.33. The van der Waals surface area contributed by atoms with Crippen molar-refractivity contribution in [3.63, 3.8) is 0 Å². The molecule has 0 bridgehead atoms. The molecule has 1 fully saturated rings. The lowest BCUT2D eigenvalue weighted by Gasteiger charge is -2.28. The molecule has 0 unspecified atom stereocenters. The first-order chi connectivity index (χ1) is 10.2. The van der Waals surface area contributed by atoms with Crippen molar-refractivity contribution < 1.29 is 4.74 Å². The fourth-order valence-electron chi connectivity index (χ4n) is 2.47. The van der Waals surface area contributed by atoms with Gasteiger partial charge in [0.15, 0.2) is 0 Å². The van der Waals surface area contributed by atoms with E-state index in [1.807, 2.05) is 6.21 Å². The first-order valence-corrected chi connectivity index (χ1v) is 7.33. The minimum Gasteiger partial charge on any atom is -0.378 e. The fraction of sp³-hybridized carbons (Fsp3) is 0.353. The molecule has 21 heavy (non-hydrogen) atoms. The lowest BCUT2D eigenvalue weighted by atomic mass is 10.2. The zero-order valence-corrected chi connectivity index (χ0v) is 12.6. The van der Waals surface area contributed by atoms with E-state index in [4.69, 9.17) is 4.74 Å². The number of aliphatic imine (C=N–C) groups is 1. The Balaban J connectivity index is 1.70. The van der Waals surface area contributed by atoms with E-state index in [0.29, 0.717) is 0 Å². The van der Waals surface area contributed by atoms with Gasteiger partial charge in [0.25, 0.3) is 0 Å². The number of morpholine rings is 1. The van der Waals surface area contributed by atoms with E-state index in [1.54, 1.807) is 0 Å². The summed E-state index contributed by atoms with van der Waals surface area (Å²) in [6, 6.07) is 12.6. The number of hydrogen-bond acceptors (Lipinski definition) is 3. The van der Waals surface area contributed by atoms with Gasteiger partial charge in [0.2, 0.25) is 0 Å². The lowest BCUT2D eigenvalue weighted by molar-refractivity contribution is 0.122. The van der Waals surface area contributed by atoms with Crippen molar-refractivity contribution in [1.29, 1.82) is 0 Å². The number of anilines is 1. The van der Waals surface area contributed by atoms with Gasteiger partial charge >= 0.3 is 0 Å². The average molecular weight is 283 g/mol. The molecule has 0 radical (unpaired) electrons. The SMILES string of the molecule is Cc1ccc(C=Nc2ccc(N3CCOCC3)cc2)n1C. The topological polar surface area (TPSA) is 29.8 Å². The van der Waals surface area contributed by atoms with Gasteiger partial charge in [-0.2, -0.15) is 0 Å². The highest BCUT2D eigenvalue weighted by molar-refractivity contribution is 5.80. The fourth-order valence-corrected chi connectivity index (χ4v) is 2.47. The molecule has 2 heterocycles. The molecule has 0 spiro atoms. The Morgan fingerprint density at radius 3 is 2.38 bits per heavy atom. The third-order valence-corrected chi connectivity index (χ3v) is 3.98. The van der Waals surface area contributed by atoms with Crippen LogP contribution in [-0.2, 0) is 11.8 Å². The summed E-state index contributed by atoms with van der Waals surface area (Å²) in [6.45, 7) is 5.64. The first-order valence-electron chi connectivity index (χ1n) is 7.33. The van der Waals surface area contributed by atoms with Gasteiger partial charge in [-0.3, -0.25) is 4.99 Å². The van der Waals surface area contributed by atoms with E-state index in [1.165, 1.54) is 11.4 Å². The van der Waals surface area contributed by atoms with Crippen molar-refractivity contribution in [2.24, 2.45) is 12.0 Å². The monoisotopic (exact) mass is 283 g/mol. The highest BCUT2D eigenvalue weighted by Crippen LogP contribution is 2.20. The highest BCUT2D eigenvalue weighted by atomic mass is 16.5. The highest BCUT2D eigenvalue weighted by Gasteiger charge is 2.10. The number of ether oxygens (including phenoxy) is 1. The van der Waals surface area contributed by atoms with Gasteiger partial charge in [-0.15, -0.1) is 0 Å². The first kappa shape index (κ1) is 13.9. The van der Waals surface area contributed by atoms with E-state index in [2.05, 4.69) is 64.8 Å². The summed E-state index contributed by atoms with van der Waals surface area (Å²) >= 11 is 0. The number of aromatic nitrogens is 1. The third kappa shape index (κ3) is 3.16. The number of aryl methyl sites for hydroxylation is 1. The molecule has 4 nitrogen and oxygen atoms in total. The largest absolute Gasteiger partial charge is 0.378 e. The molecule has 3 rings (SSSR count). The Morgan fingerprint density at radius 1 is 1.05 bits per heavy atom. The molecule has 0 atom stereocenters. The summed E-state index contributed by atoms with van der Waals surface area (Å²) in [6.07, 6.45) is 1.91. The smallest absolute Gasteiger partial charge is 0.0642 e. The molecule has 1 saturated heterocycles. The van der Waals surface area contributed by atoms with Gasteiger partial charge in [-0.05, 0) is 43.3 Å². The molecule has 0 aliphatic carbocycles. The van der Waals surface area contributed by atoms with E-state index in [9.17, 15) is 0 Å². The standard InChI is InChI=1S/C17H21N3O/c1-14-3-6-17(19(14)2)13-18-15-4-7-16(8-5-15)20-9-11-21-12-10-20/h3-8,13H,9-12H2,1-2H3. The average Bonchev–Trinajstić information content (AvgIpc) is 2.86. The molecule has 110 valence electrons. The Hall–Kier alpha value is -2.07. The zero-order valence-electron chi connectivity index (χ0n) is 12.6. The van der Waals surface area contributed by atoms with Crippen molar-refractivity contribution >= 4 is 17.6 Å². The molecule has 1 aliphatic heterocycles. The van der Waals surface area contributed by atoms with E-state index < -0.39 is 0 Å². The summed E-state index contributed by atoms with van der Waals surface area (Å²) in [5, 5.41) is 0. The Kier molecular flexibility index (Phi) is 4.06. The summed E-state index contributed by atoms with van der Waals surface area (Å²) in [5.74, 6) is 0. The molecular formula is C17H21N3O. The molecule has 1 aliphatic rings. The summed E-state index contributed by atoms with van der Waals surface area (Å²) in [7, 11) is 2.05. The van der Waals surface area contributed by atoms with Crippen LogP contribution in [-0.4, -0.2) is 37.1 Å². The van der Waals surface area contributed by atoms with Crippen molar-refractivity contribution in [3.05, 3.63) is 47.8 Å². The van der Waals surface area contributed by atoms with Crippen LogP contribution in [0, 0.1) is 6.92 Å². The molecule has 0 N–H and O–H groups in total. The number of hydrogen-bond donors (Lipinski definition) is 0. The molecule has 0 saturated carbocycles. The maximum absolute atomic E-state index is 5.38. The zero-order chi connectivity index (χ0) is 14.7. The summed E-state index contributed by atoms with van der Waals surface area (Å²) < 4.78 is 7.51. The van der Waals surface area contributed by atoms with Gasteiger partial charge < -0.3 is 14.2 Å². The third-order valence-electron chi connectivity index (χ3n) is 3.98. The van der Waals surface area contributed by atoms with E-state index in [0.717, 1.165) is 37.7 Å². The second-order valence-corrected chi connectivity index (χ2v) is 5.33. The van der Waals surface area contributed by atoms with Gasteiger partial charge in [0.1, 0.15) is 0 Å². The van der Waals surface area contributed by atoms with Crippen LogP contribution in [0.15, 0.2) is 41.4 Å². The Labute approximate surface area is 125 Å². The van der Waals surface area contributed by atoms with Crippen LogP contribution in [0.3, 0.4) is 0 Å². The molecule has 0 amide bonds. The Morgan fingerprint density at radius 2 is 1.76 bits per heavy atom. The van der Waals surface area contributed by atoms with Crippen molar-refractivity contribution in [2.45, 2.75) is 6.92 Å². The number of benzene rings is 1. The van der Waals surface area contributed by atoms with Crippen molar-refractivity contribution in [3.8, 4) is 0 Å². The lowest BCUT2D eigenvalue weighted by Crippen LogP contribution is -2.36. The Bertz CT molecular complexity index is 622. The van der Waals surface area contributed by atoms with Crippen LogP contribution < -0.4 is 4.90 Å². The van der Waals surface area contributed by atoms with Gasteiger partial charge in [-0.25, -0.2) is 0 Å². The normalized spacial score (nSPS) is 15.8. The number of rotatable bonds is 3. The van der Waals surface area contributed by atoms with Gasteiger partial charge in [-0.1, -0.05) is 0 Å².